The quantitative estimate of drug-likeness (QED) is 0.385. The van der Waals surface area contributed by atoms with E-state index in [0.717, 1.165) is 18.8 Å². The zero-order valence-corrected chi connectivity index (χ0v) is 12.6. The normalized spacial score (nSPS) is 20.4. The van der Waals surface area contributed by atoms with E-state index in [2.05, 4.69) is 29.1 Å². The molecular weight excluding hydrogens is 276 g/mol. The largest absolute Gasteiger partial charge is 0.409 e. The van der Waals surface area contributed by atoms with Gasteiger partial charge in [0.05, 0.1) is 5.02 Å². The molecule has 1 aromatic rings. The fraction of sp³-hybridized carbons (Fsp3) is 0.500. The topological polar surface area (TPSA) is 65.1 Å². The lowest BCUT2D eigenvalue weighted by atomic mass is 10.1. The van der Waals surface area contributed by atoms with Crippen LogP contribution >= 0.6 is 11.6 Å². The molecule has 0 spiro atoms. The van der Waals surface area contributed by atoms with Crippen LogP contribution in [0.3, 0.4) is 0 Å². The minimum atomic E-state index is 0.0293. The van der Waals surface area contributed by atoms with Crippen molar-refractivity contribution in [2.24, 2.45) is 16.8 Å². The fourth-order valence-electron chi connectivity index (χ4n) is 2.67. The van der Waals surface area contributed by atoms with Crippen LogP contribution in [0, 0.1) is 5.92 Å². The van der Waals surface area contributed by atoms with Crippen molar-refractivity contribution >= 4 is 23.1 Å². The molecule has 1 aromatic carbocycles. The molecule has 1 aliphatic rings. The van der Waals surface area contributed by atoms with Crippen molar-refractivity contribution in [1.82, 2.24) is 4.90 Å². The first-order valence-electron chi connectivity index (χ1n) is 6.68. The standard InChI is InChI=1S/C14H21ClN4O/c1-18-6-5-10(8-18)9-19(2)11-3-4-12(13(15)7-11)14(16)17-20/h3-4,7,10,20H,5-6,8-9H2,1-2H3,(H2,16,17). The predicted octanol–water partition coefficient (Wildman–Crippen LogP) is 1.82. The number of likely N-dealkylation sites (tertiary alicyclic amines) is 1. The summed E-state index contributed by atoms with van der Waals surface area (Å²) in [4.78, 5) is 4.55. The van der Waals surface area contributed by atoms with Crippen molar-refractivity contribution in [1.29, 1.82) is 0 Å². The summed E-state index contributed by atoms with van der Waals surface area (Å²) in [5.74, 6) is 0.717. The summed E-state index contributed by atoms with van der Waals surface area (Å²) in [5, 5.41) is 12.2. The van der Waals surface area contributed by atoms with Gasteiger partial charge in [-0.05, 0) is 44.1 Å². The summed E-state index contributed by atoms with van der Waals surface area (Å²) in [6, 6.07) is 5.58. The average Bonchev–Trinajstić information content (AvgIpc) is 2.83. The fourth-order valence-corrected chi connectivity index (χ4v) is 2.94. The van der Waals surface area contributed by atoms with E-state index in [4.69, 9.17) is 22.5 Å². The molecule has 0 aliphatic carbocycles. The molecule has 0 saturated carbocycles. The van der Waals surface area contributed by atoms with Gasteiger partial charge in [-0.2, -0.15) is 0 Å². The van der Waals surface area contributed by atoms with Gasteiger partial charge in [0.25, 0.3) is 0 Å². The van der Waals surface area contributed by atoms with Gasteiger partial charge in [-0.15, -0.1) is 0 Å². The van der Waals surface area contributed by atoms with Gasteiger partial charge in [0, 0.05) is 31.4 Å². The molecule has 0 radical (unpaired) electrons. The number of halogens is 1. The molecule has 5 nitrogen and oxygen atoms in total. The number of rotatable bonds is 4. The Kier molecular flexibility index (Phi) is 4.73. The van der Waals surface area contributed by atoms with Crippen molar-refractivity contribution in [2.75, 3.05) is 38.6 Å². The highest BCUT2D eigenvalue weighted by Gasteiger charge is 2.21. The smallest absolute Gasteiger partial charge is 0.171 e. The van der Waals surface area contributed by atoms with Crippen LogP contribution in [0.1, 0.15) is 12.0 Å². The molecule has 1 fully saturated rings. The summed E-state index contributed by atoms with van der Waals surface area (Å²) in [5.41, 5.74) is 7.15. The Morgan fingerprint density at radius 2 is 2.35 bits per heavy atom. The summed E-state index contributed by atoms with van der Waals surface area (Å²) in [6.07, 6.45) is 1.23. The van der Waals surface area contributed by atoms with Gasteiger partial charge in [-0.3, -0.25) is 0 Å². The monoisotopic (exact) mass is 296 g/mol. The van der Waals surface area contributed by atoms with Crippen LogP contribution in [-0.4, -0.2) is 49.7 Å². The molecule has 20 heavy (non-hydrogen) atoms. The second kappa shape index (κ2) is 6.33. The molecular formula is C14H21ClN4O. The van der Waals surface area contributed by atoms with Crippen molar-refractivity contribution in [3.05, 3.63) is 28.8 Å². The van der Waals surface area contributed by atoms with Crippen LogP contribution in [0.15, 0.2) is 23.4 Å². The van der Waals surface area contributed by atoms with Crippen molar-refractivity contribution < 1.29 is 5.21 Å². The highest BCUT2D eigenvalue weighted by Crippen LogP contribution is 2.25. The van der Waals surface area contributed by atoms with Crippen molar-refractivity contribution in [2.45, 2.75) is 6.42 Å². The van der Waals surface area contributed by atoms with Gasteiger partial charge in [-0.25, -0.2) is 0 Å². The van der Waals surface area contributed by atoms with E-state index in [1.807, 2.05) is 12.1 Å². The van der Waals surface area contributed by atoms with E-state index >= 15 is 0 Å². The minimum Gasteiger partial charge on any atom is -0.409 e. The number of hydrogen-bond acceptors (Lipinski definition) is 4. The molecule has 6 heteroatoms. The Hall–Kier alpha value is -1.46. The number of oxime groups is 1. The van der Waals surface area contributed by atoms with Crippen molar-refractivity contribution in [3.8, 4) is 0 Å². The Balaban J connectivity index is 2.07. The van der Waals surface area contributed by atoms with Gasteiger partial charge in [0.1, 0.15) is 0 Å². The lowest BCUT2D eigenvalue weighted by molar-refractivity contribution is 0.318. The minimum absolute atomic E-state index is 0.0293. The number of anilines is 1. The maximum Gasteiger partial charge on any atom is 0.171 e. The Morgan fingerprint density at radius 3 is 2.90 bits per heavy atom. The van der Waals surface area contributed by atoms with Crippen LogP contribution in [0.25, 0.3) is 0 Å². The molecule has 1 saturated heterocycles. The second-order valence-corrected chi connectivity index (χ2v) is 5.85. The first-order valence-corrected chi connectivity index (χ1v) is 7.06. The molecule has 110 valence electrons. The van der Waals surface area contributed by atoms with E-state index in [9.17, 15) is 0 Å². The van der Waals surface area contributed by atoms with Gasteiger partial charge in [-0.1, -0.05) is 16.8 Å². The van der Waals surface area contributed by atoms with E-state index in [1.54, 1.807) is 6.07 Å². The zero-order chi connectivity index (χ0) is 14.7. The Bertz CT molecular complexity index is 506. The molecule has 0 aromatic heterocycles. The molecule has 1 unspecified atom stereocenters. The van der Waals surface area contributed by atoms with Crippen LogP contribution in [-0.2, 0) is 0 Å². The van der Waals surface area contributed by atoms with Gasteiger partial charge >= 0.3 is 0 Å². The van der Waals surface area contributed by atoms with Crippen LogP contribution in [0.4, 0.5) is 5.69 Å². The van der Waals surface area contributed by atoms with E-state index < -0.39 is 0 Å². The Labute approximate surface area is 124 Å². The molecule has 1 atom stereocenters. The number of amidine groups is 1. The van der Waals surface area contributed by atoms with Crippen LogP contribution in [0.2, 0.25) is 5.02 Å². The molecule has 0 amide bonds. The number of hydrogen-bond donors (Lipinski definition) is 2. The van der Waals surface area contributed by atoms with Gasteiger partial charge in [0.2, 0.25) is 0 Å². The van der Waals surface area contributed by atoms with Crippen LogP contribution < -0.4 is 10.6 Å². The third-order valence-electron chi connectivity index (χ3n) is 3.80. The summed E-state index contributed by atoms with van der Waals surface area (Å²) in [7, 11) is 4.22. The molecule has 2 rings (SSSR count). The number of benzene rings is 1. The third-order valence-corrected chi connectivity index (χ3v) is 4.11. The first-order chi connectivity index (χ1) is 9.51. The number of nitrogens with zero attached hydrogens (tertiary/aromatic N) is 3. The second-order valence-electron chi connectivity index (χ2n) is 5.45. The lowest BCUT2D eigenvalue weighted by Crippen LogP contribution is -2.27. The third kappa shape index (κ3) is 3.35. The van der Waals surface area contributed by atoms with Gasteiger partial charge < -0.3 is 20.7 Å². The molecule has 0 bridgehead atoms. The van der Waals surface area contributed by atoms with Crippen molar-refractivity contribution in [3.63, 3.8) is 0 Å². The zero-order valence-electron chi connectivity index (χ0n) is 11.9. The maximum absolute atomic E-state index is 8.69. The predicted molar refractivity (Wildman–Crippen MR) is 82.8 cm³/mol. The summed E-state index contributed by atoms with van der Waals surface area (Å²) >= 11 is 6.18. The molecule has 3 N–H and O–H groups in total. The maximum atomic E-state index is 8.69. The summed E-state index contributed by atoms with van der Waals surface area (Å²) < 4.78 is 0. The highest BCUT2D eigenvalue weighted by molar-refractivity contribution is 6.34. The van der Waals surface area contributed by atoms with Crippen LogP contribution in [0.5, 0.6) is 0 Å². The van der Waals surface area contributed by atoms with Gasteiger partial charge in [0.15, 0.2) is 5.84 Å². The highest BCUT2D eigenvalue weighted by atomic mass is 35.5. The summed E-state index contributed by atoms with van der Waals surface area (Å²) in [6.45, 7) is 3.31. The molecule has 1 heterocycles. The first kappa shape index (κ1) is 14.9. The van der Waals surface area contributed by atoms with E-state index in [1.165, 1.54) is 13.0 Å². The number of nitrogens with two attached hydrogens (primary N) is 1. The average molecular weight is 297 g/mol. The Morgan fingerprint density at radius 1 is 1.60 bits per heavy atom. The SMILES string of the molecule is CN1CCC(CN(C)c2ccc(C(N)=NO)c(Cl)c2)C1. The van der Waals surface area contributed by atoms with E-state index in [0.29, 0.717) is 16.5 Å². The lowest BCUT2D eigenvalue weighted by Gasteiger charge is -2.23. The molecule has 1 aliphatic heterocycles. The van der Waals surface area contributed by atoms with E-state index in [-0.39, 0.29) is 5.84 Å².